The highest BCUT2D eigenvalue weighted by molar-refractivity contribution is 14.1. The second-order valence-corrected chi connectivity index (χ2v) is 3.53. The van der Waals surface area contributed by atoms with Gasteiger partial charge in [-0.05, 0) is 22.6 Å². The van der Waals surface area contributed by atoms with Crippen molar-refractivity contribution in [3.8, 4) is 0 Å². The summed E-state index contributed by atoms with van der Waals surface area (Å²) in [6.45, 7) is -1.34. The van der Waals surface area contributed by atoms with Crippen LogP contribution in [-0.4, -0.2) is 16.0 Å². The van der Waals surface area contributed by atoms with Gasteiger partial charge < -0.3 is 0 Å². The smallest absolute Gasteiger partial charge is 0.268 e. The van der Waals surface area contributed by atoms with Crippen LogP contribution >= 0.6 is 22.6 Å². The zero-order valence-electron chi connectivity index (χ0n) is 6.18. The highest BCUT2D eigenvalue weighted by atomic mass is 127. The van der Waals surface area contributed by atoms with Crippen LogP contribution in [0, 0.1) is 3.57 Å². The van der Waals surface area contributed by atoms with Crippen molar-refractivity contribution < 1.29 is 13.2 Å². The fourth-order valence-corrected chi connectivity index (χ4v) is 1.09. The average Bonchev–Trinajstić information content (AvgIpc) is 1.93. The van der Waals surface area contributed by atoms with Crippen molar-refractivity contribution >= 4 is 22.6 Å². The van der Waals surface area contributed by atoms with Crippen molar-refractivity contribution in [2.45, 2.75) is 12.7 Å². The average molecular weight is 304 g/mol. The van der Waals surface area contributed by atoms with Crippen LogP contribution < -0.4 is 5.56 Å². The lowest BCUT2D eigenvalue weighted by molar-refractivity contribution is -0.143. The molecule has 1 aromatic rings. The van der Waals surface area contributed by atoms with Crippen LogP contribution in [-0.2, 0) is 6.54 Å². The van der Waals surface area contributed by atoms with Gasteiger partial charge in [0.15, 0.2) is 0 Å². The van der Waals surface area contributed by atoms with E-state index in [0.717, 1.165) is 6.07 Å². The first-order valence-electron chi connectivity index (χ1n) is 3.18. The number of rotatable bonds is 1. The molecule has 0 bridgehead atoms. The van der Waals surface area contributed by atoms with E-state index in [1.54, 1.807) is 22.6 Å². The van der Waals surface area contributed by atoms with Crippen molar-refractivity contribution in [2.24, 2.45) is 0 Å². The van der Waals surface area contributed by atoms with Crippen LogP contribution in [0.15, 0.2) is 17.1 Å². The standard InChI is InChI=1S/C6H4F3IN2O/c7-6(8,9)3-12-5(13)1-4(10)2-11-12/h1-2H,3H2. The lowest BCUT2D eigenvalue weighted by Gasteiger charge is -2.06. The van der Waals surface area contributed by atoms with E-state index in [2.05, 4.69) is 5.10 Å². The maximum atomic E-state index is 11.8. The molecular formula is C6H4F3IN2O. The Hall–Kier alpha value is -0.600. The molecule has 0 aliphatic rings. The van der Waals surface area contributed by atoms with Gasteiger partial charge >= 0.3 is 6.18 Å². The summed E-state index contributed by atoms with van der Waals surface area (Å²) in [5.74, 6) is 0. The summed E-state index contributed by atoms with van der Waals surface area (Å²) >= 11 is 1.80. The van der Waals surface area contributed by atoms with Gasteiger partial charge in [0.25, 0.3) is 5.56 Å². The summed E-state index contributed by atoms with van der Waals surface area (Å²) in [6.07, 6.45) is -3.21. The number of halogens is 4. The first-order chi connectivity index (χ1) is 5.88. The van der Waals surface area contributed by atoms with Crippen LogP contribution in [0.25, 0.3) is 0 Å². The maximum Gasteiger partial charge on any atom is 0.408 e. The molecule has 0 atom stereocenters. The third kappa shape index (κ3) is 3.33. The summed E-state index contributed by atoms with van der Waals surface area (Å²) in [6, 6.07) is 1.10. The summed E-state index contributed by atoms with van der Waals surface area (Å²) in [5, 5.41) is 3.34. The van der Waals surface area contributed by atoms with Crippen LogP contribution in [0.4, 0.5) is 13.2 Å². The zero-order valence-corrected chi connectivity index (χ0v) is 8.33. The second-order valence-electron chi connectivity index (χ2n) is 2.28. The lowest BCUT2D eigenvalue weighted by atomic mass is 10.5. The number of nitrogens with zero attached hydrogens (tertiary/aromatic N) is 2. The normalized spacial score (nSPS) is 11.7. The molecule has 0 saturated carbocycles. The molecule has 0 aliphatic carbocycles. The van der Waals surface area contributed by atoms with E-state index in [0.29, 0.717) is 8.25 Å². The van der Waals surface area contributed by atoms with Gasteiger partial charge in [0.05, 0.1) is 6.20 Å². The summed E-state index contributed by atoms with van der Waals surface area (Å²) in [4.78, 5) is 10.9. The third-order valence-corrected chi connectivity index (χ3v) is 1.76. The highest BCUT2D eigenvalue weighted by Gasteiger charge is 2.28. The quantitative estimate of drug-likeness (QED) is 0.735. The molecule has 0 radical (unpaired) electrons. The van der Waals surface area contributed by atoms with Gasteiger partial charge in [-0.1, -0.05) is 0 Å². The molecule has 1 aromatic heterocycles. The van der Waals surface area contributed by atoms with Crippen molar-refractivity contribution in [3.63, 3.8) is 0 Å². The van der Waals surface area contributed by atoms with Crippen LogP contribution in [0.3, 0.4) is 0 Å². The van der Waals surface area contributed by atoms with E-state index in [4.69, 9.17) is 0 Å². The monoisotopic (exact) mass is 304 g/mol. The van der Waals surface area contributed by atoms with Gasteiger partial charge in [-0.3, -0.25) is 4.79 Å². The van der Waals surface area contributed by atoms with Crippen LogP contribution in [0.5, 0.6) is 0 Å². The van der Waals surface area contributed by atoms with Crippen molar-refractivity contribution in [2.75, 3.05) is 0 Å². The Kier molecular flexibility index (Phi) is 2.94. The largest absolute Gasteiger partial charge is 0.408 e. The molecule has 3 nitrogen and oxygen atoms in total. The minimum atomic E-state index is -4.41. The van der Waals surface area contributed by atoms with Gasteiger partial charge in [0.1, 0.15) is 6.54 Å². The Morgan fingerprint density at radius 3 is 2.62 bits per heavy atom. The van der Waals surface area contributed by atoms with E-state index >= 15 is 0 Å². The van der Waals surface area contributed by atoms with E-state index in [-0.39, 0.29) is 0 Å². The Morgan fingerprint density at radius 1 is 1.54 bits per heavy atom. The van der Waals surface area contributed by atoms with Gasteiger partial charge in [0, 0.05) is 9.64 Å². The fraction of sp³-hybridized carbons (Fsp3) is 0.333. The molecular weight excluding hydrogens is 300 g/mol. The molecule has 0 unspecified atom stereocenters. The summed E-state index contributed by atoms with van der Waals surface area (Å²) < 4.78 is 36.4. The van der Waals surface area contributed by atoms with Gasteiger partial charge in [-0.2, -0.15) is 18.3 Å². The number of alkyl halides is 3. The van der Waals surface area contributed by atoms with Gasteiger partial charge in [-0.15, -0.1) is 0 Å². The molecule has 1 heterocycles. The Bertz CT molecular complexity index is 360. The SMILES string of the molecule is O=c1cc(I)cnn1CC(F)(F)F. The molecule has 0 spiro atoms. The molecule has 1 rings (SSSR count). The van der Waals surface area contributed by atoms with Crippen LogP contribution in [0.2, 0.25) is 0 Å². The number of hydrogen-bond donors (Lipinski definition) is 0. The van der Waals surface area contributed by atoms with E-state index in [1.807, 2.05) is 0 Å². The summed E-state index contributed by atoms with van der Waals surface area (Å²) in [5.41, 5.74) is -0.746. The molecule has 0 N–H and O–H groups in total. The third-order valence-electron chi connectivity index (χ3n) is 1.17. The topological polar surface area (TPSA) is 34.9 Å². The van der Waals surface area contributed by atoms with Gasteiger partial charge in [-0.25, -0.2) is 4.68 Å². The summed E-state index contributed by atoms with van der Waals surface area (Å²) in [7, 11) is 0. The van der Waals surface area contributed by atoms with Crippen molar-refractivity contribution in [1.82, 2.24) is 9.78 Å². The molecule has 72 valence electrons. The fourth-order valence-electron chi connectivity index (χ4n) is 0.700. The van der Waals surface area contributed by atoms with E-state index < -0.39 is 18.3 Å². The Balaban J connectivity index is 2.98. The van der Waals surface area contributed by atoms with E-state index in [9.17, 15) is 18.0 Å². The van der Waals surface area contributed by atoms with Crippen LogP contribution in [0.1, 0.15) is 0 Å². The minimum absolute atomic E-state index is 0.377. The number of aromatic nitrogens is 2. The van der Waals surface area contributed by atoms with Crippen molar-refractivity contribution in [3.05, 3.63) is 26.2 Å². The Morgan fingerprint density at radius 2 is 2.15 bits per heavy atom. The van der Waals surface area contributed by atoms with Crippen molar-refractivity contribution in [1.29, 1.82) is 0 Å². The predicted molar refractivity (Wildman–Crippen MR) is 47.3 cm³/mol. The molecule has 0 aliphatic heterocycles. The molecule has 0 amide bonds. The first-order valence-corrected chi connectivity index (χ1v) is 4.26. The maximum absolute atomic E-state index is 11.8. The Labute approximate surface area is 84.7 Å². The van der Waals surface area contributed by atoms with Gasteiger partial charge in [0.2, 0.25) is 0 Å². The zero-order chi connectivity index (χ0) is 10.1. The first kappa shape index (κ1) is 10.5. The van der Waals surface area contributed by atoms with E-state index in [1.165, 1.54) is 6.20 Å². The number of hydrogen-bond acceptors (Lipinski definition) is 2. The molecule has 0 saturated heterocycles. The predicted octanol–water partition coefficient (Wildman–Crippen LogP) is 1.41. The molecule has 7 heteroatoms. The molecule has 0 fully saturated rings. The lowest BCUT2D eigenvalue weighted by Crippen LogP contribution is -2.29. The molecule has 0 aromatic carbocycles. The molecule has 13 heavy (non-hydrogen) atoms. The minimum Gasteiger partial charge on any atom is -0.268 e. The second kappa shape index (κ2) is 3.64. The highest BCUT2D eigenvalue weighted by Crippen LogP contribution is 2.15.